The first-order valence-corrected chi connectivity index (χ1v) is 7.88. The number of hydrogen-bond acceptors (Lipinski definition) is 3. The number of amides is 1. The van der Waals surface area contributed by atoms with E-state index in [0.717, 1.165) is 18.8 Å². The summed E-state index contributed by atoms with van der Waals surface area (Å²) in [7, 11) is 0. The Morgan fingerprint density at radius 2 is 1.91 bits per heavy atom. The molecule has 1 N–H and O–H groups in total. The predicted octanol–water partition coefficient (Wildman–Crippen LogP) is 2.41. The van der Waals surface area contributed by atoms with Gasteiger partial charge in [0.2, 0.25) is 0 Å². The average molecular weight is 303 g/mol. The summed E-state index contributed by atoms with van der Waals surface area (Å²) < 4.78 is 5.66. The highest BCUT2D eigenvalue weighted by Crippen LogP contribution is 2.29. The van der Waals surface area contributed by atoms with E-state index >= 15 is 0 Å². The van der Waals surface area contributed by atoms with Crippen LogP contribution in [0, 0.1) is 11.8 Å². The molecule has 1 saturated carbocycles. The normalized spacial score (nSPS) is 21.5. The lowest BCUT2D eigenvalue weighted by Crippen LogP contribution is -2.42. The number of rotatable bonds is 5. The number of carbonyl (C=O) groups excluding carboxylic acids is 1. The average Bonchev–Trinajstić information content (AvgIpc) is 3.37. The van der Waals surface area contributed by atoms with Crippen molar-refractivity contribution in [2.75, 3.05) is 19.7 Å². The summed E-state index contributed by atoms with van der Waals surface area (Å²) in [5.74, 6) is 0.119. The monoisotopic (exact) mass is 303 g/mol. The Bertz CT molecular complexity index is 550. The Morgan fingerprint density at radius 1 is 1.18 bits per heavy atom. The molecular weight excluding hydrogens is 282 g/mol. The second kappa shape index (κ2) is 6.38. The van der Waals surface area contributed by atoms with Crippen molar-refractivity contribution in [1.29, 1.82) is 0 Å². The van der Waals surface area contributed by atoms with E-state index in [2.05, 4.69) is 0 Å². The number of ether oxygens (including phenoxy) is 1. The molecule has 2 fully saturated rings. The van der Waals surface area contributed by atoms with E-state index < -0.39 is 11.9 Å². The first-order chi connectivity index (χ1) is 10.6. The van der Waals surface area contributed by atoms with Crippen molar-refractivity contribution < 1.29 is 19.4 Å². The minimum absolute atomic E-state index is 0.0975. The van der Waals surface area contributed by atoms with Gasteiger partial charge in [-0.15, -0.1) is 0 Å². The molecule has 1 aromatic rings. The third-order valence-electron chi connectivity index (χ3n) is 4.34. The molecule has 1 aromatic carbocycles. The molecule has 22 heavy (non-hydrogen) atoms. The van der Waals surface area contributed by atoms with Crippen molar-refractivity contribution in [2.45, 2.75) is 25.7 Å². The standard InChI is InChI=1S/C17H21NO4/c19-16(18-9-1-2-14(10-18)17(20)21)13-5-7-15(8-6-13)22-11-12-3-4-12/h5-8,12,14H,1-4,9-11H2,(H,20,21). The fourth-order valence-corrected chi connectivity index (χ4v) is 2.74. The molecule has 0 radical (unpaired) electrons. The molecule has 5 heteroatoms. The summed E-state index contributed by atoms with van der Waals surface area (Å²) in [5, 5.41) is 9.10. The van der Waals surface area contributed by atoms with Crippen molar-refractivity contribution in [3.63, 3.8) is 0 Å². The molecule has 3 rings (SSSR count). The van der Waals surface area contributed by atoms with Crippen LogP contribution >= 0.6 is 0 Å². The summed E-state index contributed by atoms with van der Waals surface area (Å²) in [6.45, 7) is 1.68. The summed E-state index contributed by atoms with van der Waals surface area (Å²) in [4.78, 5) is 25.2. The summed E-state index contributed by atoms with van der Waals surface area (Å²) in [6.07, 6.45) is 3.88. The zero-order valence-corrected chi connectivity index (χ0v) is 12.5. The van der Waals surface area contributed by atoms with Crippen molar-refractivity contribution in [3.05, 3.63) is 29.8 Å². The lowest BCUT2D eigenvalue weighted by molar-refractivity contribution is -0.143. The van der Waals surface area contributed by atoms with Gasteiger partial charge in [-0.2, -0.15) is 0 Å². The Morgan fingerprint density at radius 3 is 2.55 bits per heavy atom. The minimum Gasteiger partial charge on any atom is -0.493 e. The van der Waals surface area contributed by atoms with Crippen LogP contribution in [-0.2, 0) is 4.79 Å². The minimum atomic E-state index is -0.818. The first kappa shape index (κ1) is 14.9. The number of carboxylic acids is 1. The highest BCUT2D eigenvalue weighted by molar-refractivity contribution is 5.94. The van der Waals surface area contributed by atoms with Gasteiger partial charge in [-0.3, -0.25) is 9.59 Å². The van der Waals surface area contributed by atoms with Crippen molar-refractivity contribution >= 4 is 11.9 Å². The number of hydrogen-bond donors (Lipinski definition) is 1. The molecule has 1 unspecified atom stereocenters. The Kier molecular flexibility index (Phi) is 4.32. The first-order valence-electron chi connectivity index (χ1n) is 7.88. The summed E-state index contributed by atoms with van der Waals surface area (Å²) in [6, 6.07) is 7.15. The summed E-state index contributed by atoms with van der Waals surface area (Å²) >= 11 is 0. The molecule has 118 valence electrons. The molecule has 1 heterocycles. The molecule has 1 atom stereocenters. The van der Waals surface area contributed by atoms with E-state index in [1.54, 1.807) is 17.0 Å². The van der Waals surface area contributed by atoms with Crippen LogP contribution < -0.4 is 4.74 Å². The van der Waals surface area contributed by atoms with E-state index in [-0.39, 0.29) is 5.91 Å². The Labute approximate surface area is 129 Å². The van der Waals surface area contributed by atoms with Gasteiger partial charge in [-0.1, -0.05) is 0 Å². The van der Waals surface area contributed by atoms with Crippen molar-refractivity contribution in [2.24, 2.45) is 11.8 Å². The molecule has 1 saturated heterocycles. The molecule has 1 aliphatic carbocycles. The zero-order valence-electron chi connectivity index (χ0n) is 12.5. The van der Waals surface area contributed by atoms with Gasteiger partial charge in [0.05, 0.1) is 12.5 Å². The van der Waals surface area contributed by atoms with Gasteiger partial charge in [-0.25, -0.2) is 0 Å². The van der Waals surface area contributed by atoms with Gasteiger partial charge in [-0.05, 0) is 55.9 Å². The third-order valence-corrected chi connectivity index (χ3v) is 4.34. The Hall–Kier alpha value is -2.04. The SMILES string of the molecule is O=C(O)C1CCCN(C(=O)c2ccc(OCC3CC3)cc2)C1. The van der Waals surface area contributed by atoms with E-state index in [4.69, 9.17) is 9.84 Å². The van der Waals surface area contributed by atoms with Gasteiger partial charge in [0, 0.05) is 18.7 Å². The molecule has 0 aromatic heterocycles. The maximum Gasteiger partial charge on any atom is 0.308 e. The van der Waals surface area contributed by atoms with Crippen molar-refractivity contribution in [3.8, 4) is 5.75 Å². The number of aliphatic carboxylic acids is 1. The van der Waals surface area contributed by atoms with Gasteiger partial charge >= 0.3 is 5.97 Å². The van der Waals surface area contributed by atoms with Crippen molar-refractivity contribution in [1.82, 2.24) is 4.90 Å². The molecular formula is C17H21NO4. The van der Waals surface area contributed by atoms with Crippen LogP contribution in [-0.4, -0.2) is 41.6 Å². The van der Waals surface area contributed by atoms with Crippen LogP contribution in [0.2, 0.25) is 0 Å². The van der Waals surface area contributed by atoms with E-state index in [0.29, 0.717) is 31.0 Å². The number of benzene rings is 1. The number of nitrogens with zero attached hydrogens (tertiary/aromatic N) is 1. The highest BCUT2D eigenvalue weighted by Gasteiger charge is 2.28. The van der Waals surface area contributed by atoms with Gasteiger partial charge in [0.1, 0.15) is 5.75 Å². The second-order valence-electron chi connectivity index (χ2n) is 6.21. The van der Waals surface area contributed by atoms with E-state index in [1.807, 2.05) is 12.1 Å². The number of carboxylic acid groups (broad SMARTS) is 1. The summed E-state index contributed by atoms with van der Waals surface area (Å²) in [5.41, 5.74) is 0.588. The zero-order chi connectivity index (χ0) is 15.5. The third kappa shape index (κ3) is 3.59. The maximum absolute atomic E-state index is 12.4. The maximum atomic E-state index is 12.4. The Balaban J connectivity index is 1.59. The van der Waals surface area contributed by atoms with Crippen LogP contribution in [0.5, 0.6) is 5.75 Å². The molecule has 0 spiro atoms. The van der Waals surface area contributed by atoms with Gasteiger partial charge in [0.15, 0.2) is 0 Å². The van der Waals surface area contributed by atoms with E-state index in [9.17, 15) is 9.59 Å². The molecule has 5 nitrogen and oxygen atoms in total. The van der Waals surface area contributed by atoms with Crippen LogP contribution in [0.25, 0.3) is 0 Å². The number of likely N-dealkylation sites (tertiary alicyclic amines) is 1. The number of piperidine rings is 1. The molecule has 0 bridgehead atoms. The molecule has 1 aliphatic heterocycles. The fraction of sp³-hybridized carbons (Fsp3) is 0.529. The highest BCUT2D eigenvalue weighted by atomic mass is 16.5. The second-order valence-corrected chi connectivity index (χ2v) is 6.21. The van der Waals surface area contributed by atoms with Gasteiger partial charge < -0.3 is 14.7 Å². The predicted molar refractivity (Wildman–Crippen MR) is 80.9 cm³/mol. The van der Waals surface area contributed by atoms with Gasteiger partial charge in [0.25, 0.3) is 5.91 Å². The van der Waals surface area contributed by atoms with Crippen LogP contribution in [0.4, 0.5) is 0 Å². The lowest BCUT2D eigenvalue weighted by Gasteiger charge is -2.30. The topological polar surface area (TPSA) is 66.8 Å². The number of carbonyl (C=O) groups is 2. The van der Waals surface area contributed by atoms with Crippen LogP contribution in [0.1, 0.15) is 36.0 Å². The largest absolute Gasteiger partial charge is 0.493 e. The van der Waals surface area contributed by atoms with Crippen LogP contribution in [0.15, 0.2) is 24.3 Å². The van der Waals surface area contributed by atoms with E-state index in [1.165, 1.54) is 12.8 Å². The van der Waals surface area contributed by atoms with Crippen LogP contribution in [0.3, 0.4) is 0 Å². The fourth-order valence-electron chi connectivity index (χ4n) is 2.74. The lowest BCUT2D eigenvalue weighted by atomic mass is 9.97. The smallest absolute Gasteiger partial charge is 0.308 e. The quantitative estimate of drug-likeness (QED) is 0.907. The molecule has 2 aliphatic rings. The molecule has 1 amide bonds.